The summed E-state index contributed by atoms with van der Waals surface area (Å²) < 4.78 is 0. The van der Waals surface area contributed by atoms with E-state index in [0.29, 0.717) is 16.9 Å². The number of hydrogen-bond acceptors (Lipinski definition) is 4. The Morgan fingerprint density at radius 1 is 1.26 bits per heavy atom. The monoisotopic (exact) mass is 329 g/mol. The molecular weight excluding hydrogens is 310 g/mol. The molecule has 23 heavy (non-hydrogen) atoms. The van der Waals surface area contributed by atoms with Crippen LogP contribution in [-0.2, 0) is 4.79 Å². The van der Waals surface area contributed by atoms with Gasteiger partial charge in [-0.05, 0) is 31.7 Å². The second-order valence-electron chi connectivity index (χ2n) is 6.11. The summed E-state index contributed by atoms with van der Waals surface area (Å²) in [4.78, 5) is 28.9. The highest BCUT2D eigenvalue weighted by Gasteiger charge is 2.30. The number of aromatic nitrogens is 1. The highest BCUT2D eigenvalue weighted by molar-refractivity contribution is 7.13. The third-order valence-electron chi connectivity index (χ3n) is 4.51. The first-order valence-electron chi connectivity index (χ1n) is 7.85. The number of benzene rings is 1. The third-order valence-corrected chi connectivity index (χ3v) is 5.67. The van der Waals surface area contributed by atoms with E-state index in [1.54, 1.807) is 6.20 Å². The molecule has 0 aliphatic heterocycles. The summed E-state index contributed by atoms with van der Waals surface area (Å²) in [7, 11) is 0. The van der Waals surface area contributed by atoms with Crippen molar-refractivity contribution in [3.63, 3.8) is 0 Å². The number of carboxylic acids is 1. The van der Waals surface area contributed by atoms with Crippen LogP contribution in [-0.4, -0.2) is 21.8 Å². The van der Waals surface area contributed by atoms with Gasteiger partial charge in [-0.25, -0.2) is 4.98 Å². The molecule has 1 fully saturated rings. The van der Waals surface area contributed by atoms with E-state index >= 15 is 0 Å². The van der Waals surface area contributed by atoms with Crippen molar-refractivity contribution < 1.29 is 14.7 Å². The summed E-state index contributed by atoms with van der Waals surface area (Å²) >= 11 is 1.41. The predicted molar refractivity (Wildman–Crippen MR) is 89.1 cm³/mol. The highest BCUT2D eigenvalue weighted by Crippen LogP contribution is 2.38. The van der Waals surface area contributed by atoms with Gasteiger partial charge in [-0.3, -0.25) is 9.59 Å². The summed E-state index contributed by atoms with van der Waals surface area (Å²) in [5.74, 6) is -0.846. The van der Waals surface area contributed by atoms with Gasteiger partial charge in [-0.1, -0.05) is 30.7 Å². The van der Waals surface area contributed by atoms with Crippen molar-refractivity contribution in [1.82, 2.24) is 4.98 Å². The Bertz CT molecular complexity index is 737. The molecule has 1 saturated carbocycles. The van der Waals surface area contributed by atoms with Crippen molar-refractivity contribution >= 4 is 23.1 Å². The second-order valence-corrected chi connectivity index (χ2v) is 7.17. The number of carbonyl (C=O) groups excluding carboxylic acids is 1. The summed E-state index contributed by atoms with van der Waals surface area (Å²) in [6, 6.07) is 7.53. The van der Waals surface area contributed by atoms with Gasteiger partial charge in [0, 0.05) is 17.7 Å². The van der Waals surface area contributed by atoms with Crippen LogP contribution in [0.15, 0.2) is 30.5 Å². The number of aliphatic carboxylic acids is 1. The van der Waals surface area contributed by atoms with E-state index in [2.05, 4.69) is 4.98 Å². The van der Waals surface area contributed by atoms with Crippen molar-refractivity contribution in [3.8, 4) is 0 Å². The topological polar surface area (TPSA) is 67.3 Å². The van der Waals surface area contributed by atoms with Crippen molar-refractivity contribution in [2.75, 3.05) is 0 Å². The normalized spacial score (nSPS) is 21.1. The Morgan fingerprint density at radius 2 is 2.04 bits per heavy atom. The Morgan fingerprint density at radius 3 is 2.78 bits per heavy atom. The standard InChI is InChI=1S/C18H19NO3S/c1-11-5-2-3-8-14(11)16(20)15-10-19-17(23-15)12-6-4-7-13(9-12)18(21)22/h2-3,5,8,10,12-13H,4,6-7,9H2,1H3,(H,21,22). The van der Waals surface area contributed by atoms with Gasteiger partial charge in [-0.2, -0.15) is 0 Å². The SMILES string of the molecule is Cc1ccccc1C(=O)c1cnc(C2CCCC(C(=O)O)C2)s1. The Balaban J connectivity index is 1.79. The predicted octanol–water partition coefficient (Wildman–Crippen LogP) is 4.04. The molecule has 0 saturated heterocycles. The average Bonchev–Trinajstić information content (AvgIpc) is 3.05. The van der Waals surface area contributed by atoms with Gasteiger partial charge in [0.25, 0.3) is 0 Å². The van der Waals surface area contributed by atoms with Crippen molar-refractivity contribution in [3.05, 3.63) is 51.5 Å². The molecule has 1 N–H and O–H groups in total. The molecule has 5 heteroatoms. The average molecular weight is 329 g/mol. The van der Waals surface area contributed by atoms with Crippen LogP contribution in [0.4, 0.5) is 0 Å². The van der Waals surface area contributed by atoms with Gasteiger partial charge in [-0.15, -0.1) is 11.3 Å². The fraction of sp³-hybridized carbons (Fsp3) is 0.389. The minimum atomic E-state index is -0.720. The zero-order chi connectivity index (χ0) is 16.4. The number of carbonyl (C=O) groups is 2. The highest BCUT2D eigenvalue weighted by atomic mass is 32.1. The lowest BCUT2D eigenvalue weighted by molar-refractivity contribution is -0.142. The molecule has 0 bridgehead atoms. The number of hydrogen-bond donors (Lipinski definition) is 1. The lowest BCUT2D eigenvalue weighted by atomic mass is 9.82. The number of carboxylic acid groups (broad SMARTS) is 1. The summed E-state index contributed by atoms with van der Waals surface area (Å²) in [5.41, 5.74) is 1.66. The van der Waals surface area contributed by atoms with Crippen LogP contribution in [0.5, 0.6) is 0 Å². The minimum Gasteiger partial charge on any atom is -0.481 e. The summed E-state index contributed by atoms with van der Waals surface area (Å²) in [6.45, 7) is 1.92. The molecule has 1 aliphatic rings. The van der Waals surface area contributed by atoms with E-state index in [1.165, 1.54) is 11.3 Å². The van der Waals surface area contributed by atoms with E-state index in [0.717, 1.165) is 29.8 Å². The van der Waals surface area contributed by atoms with Gasteiger partial charge in [0.15, 0.2) is 0 Å². The molecule has 4 nitrogen and oxygen atoms in total. The van der Waals surface area contributed by atoms with Crippen molar-refractivity contribution in [2.45, 2.75) is 38.5 Å². The van der Waals surface area contributed by atoms with Crippen molar-refractivity contribution in [2.24, 2.45) is 5.92 Å². The quantitative estimate of drug-likeness (QED) is 0.860. The molecule has 1 aliphatic carbocycles. The molecule has 2 aromatic rings. The van der Waals surface area contributed by atoms with Gasteiger partial charge in [0.05, 0.1) is 15.8 Å². The number of aryl methyl sites for hydroxylation is 1. The molecule has 1 aromatic heterocycles. The first-order chi connectivity index (χ1) is 11.1. The first kappa shape index (κ1) is 15.9. The minimum absolute atomic E-state index is 0.00237. The van der Waals surface area contributed by atoms with Crippen LogP contribution >= 0.6 is 11.3 Å². The van der Waals surface area contributed by atoms with Gasteiger partial charge >= 0.3 is 5.97 Å². The van der Waals surface area contributed by atoms with Crippen LogP contribution in [0.1, 0.15) is 57.4 Å². The van der Waals surface area contributed by atoms with Gasteiger partial charge < -0.3 is 5.11 Å². The summed E-state index contributed by atoms with van der Waals surface area (Å²) in [6.07, 6.45) is 4.86. The molecule has 120 valence electrons. The van der Waals surface area contributed by atoms with E-state index in [4.69, 9.17) is 0 Å². The molecule has 1 heterocycles. The Hall–Kier alpha value is -2.01. The van der Waals surface area contributed by atoms with Gasteiger partial charge in [0.1, 0.15) is 0 Å². The van der Waals surface area contributed by atoms with Gasteiger partial charge in [0.2, 0.25) is 5.78 Å². The maximum Gasteiger partial charge on any atom is 0.306 e. The van der Waals surface area contributed by atoms with E-state index in [1.807, 2.05) is 31.2 Å². The molecule has 2 unspecified atom stereocenters. The Kier molecular flexibility index (Phi) is 4.57. The lowest BCUT2D eigenvalue weighted by Crippen LogP contribution is -2.21. The van der Waals surface area contributed by atoms with Crippen LogP contribution in [0.3, 0.4) is 0 Å². The molecule has 0 amide bonds. The van der Waals surface area contributed by atoms with E-state index in [9.17, 15) is 14.7 Å². The number of nitrogens with zero attached hydrogens (tertiary/aromatic N) is 1. The van der Waals surface area contributed by atoms with Crippen LogP contribution in [0.25, 0.3) is 0 Å². The lowest BCUT2D eigenvalue weighted by Gasteiger charge is -2.24. The molecule has 2 atom stereocenters. The maximum atomic E-state index is 12.6. The molecule has 1 aromatic carbocycles. The third kappa shape index (κ3) is 3.34. The smallest absolute Gasteiger partial charge is 0.306 e. The van der Waals surface area contributed by atoms with Crippen LogP contribution in [0.2, 0.25) is 0 Å². The number of ketones is 1. The molecule has 0 radical (unpaired) electrons. The maximum absolute atomic E-state index is 12.6. The largest absolute Gasteiger partial charge is 0.481 e. The molecule has 0 spiro atoms. The molecular formula is C18H19NO3S. The van der Waals surface area contributed by atoms with E-state index in [-0.39, 0.29) is 17.6 Å². The van der Waals surface area contributed by atoms with E-state index < -0.39 is 5.97 Å². The fourth-order valence-electron chi connectivity index (χ4n) is 3.18. The fourth-order valence-corrected chi connectivity index (χ4v) is 4.20. The Labute approximate surface area is 139 Å². The first-order valence-corrected chi connectivity index (χ1v) is 8.66. The summed E-state index contributed by atoms with van der Waals surface area (Å²) in [5, 5.41) is 10.1. The van der Waals surface area contributed by atoms with Crippen LogP contribution in [0, 0.1) is 12.8 Å². The zero-order valence-electron chi connectivity index (χ0n) is 13.0. The second kappa shape index (κ2) is 6.62. The van der Waals surface area contributed by atoms with Crippen LogP contribution < -0.4 is 0 Å². The zero-order valence-corrected chi connectivity index (χ0v) is 13.8. The number of rotatable bonds is 4. The van der Waals surface area contributed by atoms with Crippen molar-refractivity contribution in [1.29, 1.82) is 0 Å². The molecule has 3 rings (SSSR count). The number of thiazole rings is 1.